The Bertz CT molecular complexity index is 1280. The average molecular weight is 475 g/mol. The van der Waals surface area contributed by atoms with Gasteiger partial charge in [0, 0.05) is 11.3 Å². The number of anilines is 2. The van der Waals surface area contributed by atoms with Gasteiger partial charge in [-0.25, -0.2) is 0 Å². The van der Waals surface area contributed by atoms with E-state index in [0.29, 0.717) is 23.5 Å². The van der Waals surface area contributed by atoms with Crippen molar-refractivity contribution in [3.8, 4) is 28.4 Å². The van der Waals surface area contributed by atoms with Crippen LogP contribution < -0.4 is 16.2 Å². The highest BCUT2D eigenvalue weighted by Gasteiger charge is 2.38. The van der Waals surface area contributed by atoms with Crippen molar-refractivity contribution in [2.45, 2.75) is 45.4 Å². The van der Waals surface area contributed by atoms with Gasteiger partial charge in [0.2, 0.25) is 11.6 Å². The summed E-state index contributed by atoms with van der Waals surface area (Å²) in [5.41, 5.74) is 12.7. The van der Waals surface area contributed by atoms with Gasteiger partial charge in [0.05, 0.1) is 34.5 Å². The lowest BCUT2D eigenvalue weighted by atomic mass is 9.80. The van der Waals surface area contributed by atoms with Crippen molar-refractivity contribution >= 4 is 22.9 Å². The highest BCUT2D eigenvalue weighted by Crippen LogP contribution is 2.44. The molecule has 3 aromatic rings. The fourth-order valence-electron chi connectivity index (χ4n) is 4.52. The van der Waals surface area contributed by atoms with E-state index in [9.17, 15) is 19.8 Å². The van der Waals surface area contributed by atoms with E-state index in [4.69, 9.17) is 16.2 Å². The van der Waals surface area contributed by atoms with Crippen molar-refractivity contribution < 1.29 is 24.5 Å². The second kappa shape index (κ2) is 10.1. The van der Waals surface area contributed by atoms with Gasteiger partial charge in [-0.2, -0.15) is 0 Å². The van der Waals surface area contributed by atoms with Crippen molar-refractivity contribution in [2.75, 3.05) is 18.1 Å². The molecule has 4 rings (SSSR count). The lowest BCUT2D eigenvalue weighted by Crippen LogP contribution is -2.24. The van der Waals surface area contributed by atoms with E-state index in [1.807, 2.05) is 0 Å². The van der Waals surface area contributed by atoms with E-state index in [1.54, 1.807) is 24.3 Å². The van der Waals surface area contributed by atoms with Gasteiger partial charge < -0.3 is 26.4 Å². The van der Waals surface area contributed by atoms with Crippen molar-refractivity contribution in [1.82, 2.24) is 0 Å². The van der Waals surface area contributed by atoms with E-state index in [1.165, 1.54) is 43.9 Å². The minimum atomic E-state index is -0.659. The van der Waals surface area contributed by atoms with Gasteiger partial charge in [0.15, 0.2) is 0 Å². The number of rotatable bonds is 9. The predicted molar refractivity (Wildman–Crippen MR) is 136 cm³/mol. The normalized spacial score (nSPS) is 12.4. The number of benzene rings is 3. The van der Waals surface area contributed by atoms with Crippen LogP contribution in [0.25, 0.3) is 11.1 Å². The van der Waals surface area contributed by atoms with Crippen LogP contribution in [-0.2, 0) is 0 Å². The Balaban J connectivity index is 1.58. The number of carbonyl (C=O) groups is 2. The molecule has 182 valence electrons. The number of phenolic OH excluding ortho intramolecular Hbond substituents is 2. The number of hydrogen-bond donors (Lipinski definition) is 4. The number of phenols is 2. The number of ketones is 2. The van der Waals surface area contributed by atoms with Crippen LogP contribution in [0.4, 0.5) is 11.4 Å². The second-order valence-electron chi connectivity index (χ2n) is 8.83. The van der Waals surface area contributed by atoms with E-state index < -0.39 is 11.6 Å². The molecule has 0 bridgehead atoms. The third-order valence-electron chi connectivity index (χ3n) is 6.40. The lowest BCUT2D eigenvalue weighted by Gasteiger charge is -2.23. The first kappa shape index (κ1) is 24.1. The first-order chi connectivity index (χ1) is 16.8. The van der Waals surface area contributed by atoms with Crippen LogP contribution in [0.15, 0.2) is 42.5 Å². The molecule has 0 amide bonds. The zero-order valence-corrected chi connectivity index (χ0v) is 19.8. The fraction of sp³-hybridized carbons (Fsp3) is 0.286. The summed E-state index contributed by atoms with van der Waals surface area (Å²) < 4.78 is 5.82. The number of unbranched alkanes of at least 4 members (excludes halogenated alkanes) is 5. The minimum absolute atomic E-state index is 0.0420. The monoisotopic (exact) mass is 474 g/mol. The molecule has 7 heteroatoms. The molecule has 0 saturated heterocycles. The highest BCUT2D eigenvalue weighted by molar-refractivity contribution is 6.33. The smallest absolute Gasteiger partial charge is 0.200 e. The van der Waals surface area contributed by atoms with Crippen LogP contribution in [0.5, 0.6) is 17.2 Å². The Morgan fingerprint density at radius 1 is 0.743 bits per heavy atom. The van der Waals surface area contributed by atoms with Crippen LogP contribution in [0.2, 0.25) is 0 Å². The average Bonchev–Trinajstić information content (AvgIpc) is 2.85. The number of aromatic hydroxyl groups is 2. The number of hydrogen-bond acceptors (Lipinski definition) is 7. The van der Waals surface area contributed by atoms with Crippen molar-refractivity contribution in [2.24, 2.45) is 0 Å². The van der Waals surface area contributed by atoms with E-state index in [2.05, 4.69) is 6.92 Å². The molecule has 6 N–H and O–H groups in total. The summed E-state index contributed by atoms with van der Waals surface area (Å²) in [5.74, 6) is -1.34. The number of ether oxygens (including phenoxy) is 1. The van der Waals surface area contributed by atoms with Gasteiger partial charge in [0.25, 0.3) is 0 Å². The Kier molecular flexibility index (Phi) is 6.96. The summed E-state index contributed by atoms with van der Waals surface area (Å²) in [6.45, 7) is 2.83. The molecule has 35 heavy (non-hydrogen) atoms. The summed E-state index contributed by atoms with van der Waals surface area (Å²) in [6, 6.07) is 11.1. The van der Waals surface area contributed by atoms with Gasteiger partial charge >= 0.3 is 0 Å². The molecule has 0 unspecified atom stereocenters. The standard InChI is InChI=1S/C28H30N2O5/c1-2-3-4-5-6-7-14-35-17-10-8-16(9-11-17)18-15-21(32)24-25(26(18)30)28(34)23-20(31)13-12-19(29)22(23)27(24)33/h8-13,15,31-32H,2-7,14,29-30H2,1H3. The van der Waals surface area contributed by atoms with Gasteiger partial charge in [-0.05, 0) is 42.3 Å². The van der Waals surface area contributed by atoms with E-state index in [-0.39, 0.29) is 45.1 Å². The Hall–Kier alpha value is -4.00. The first-order valence-corrected chi connectivity index (χ1v) is 11.9. The minimum Gasteiger partial charge on any atom is -0.507 e. The quantitative estimate of drug-likeness (QED) is 0.144. The van der Waals surface area contributed by atoms with Gasteiger partial charge in [-0.1, -0.05) is 51.2 Å². The van der Waals surface area contributed by atoms with Crippen LogP contribution in [0, 0.1) is 0 Å². The second-order valence-corrected chi connectivity index (χ2v) is 8.83. The molecule has 0 saturated carbocycles. The Morgan fingerprint density at radius 3 is 2.09 bits per heavy atom. The maximum atomic E-state index is 13.3. The van der Waals surface area contributed by atoms with Crippen LogP contribution in [-0.4, -0.2) is 28.4 Å². The van der Waals surface area contributed by atoms with E-state index >= 15 is 0 Å². The van der Waals surface area contributed by atoms with Gasteiger partial charge in [-0.3, -0.25) is 9.59 Å². The molecule has 0 aliphatic heterocycles. The van der Waals surface area contributed by atoms with Crippen LogP contribution >= 0.6 is 0 Å². The van der Waals surface area contributed by atoms with Crippen LogP contribution in [0.3, 0.4) is 0 Å². The van der Waals surface area contributed by atoms with Crippen LogP contribution in [0.1, 0.15) is 77.3 Å². The molecule has 1 aliphatic carbocycles. The summed E-state index contributed by atoms with van der Waals surface area (Å²) in [7, 11) is 0. The molecular weight excluding hydrogens is 444 g/mol. The SMILES string of the molecule is CCCCCCCCOc1ccc(-c2cc(O)c3c(c2N)C(=O)c2c(O)ccc(N)c2C3=O)cc1. The zero-order valence-electron chi connectivity index (χ0n) is 19.8. The topological polar surface area (TPSA) is 136 Å². The largest absolute Gasteiger partial charge is 0.507 e. The summed E-state index contributed by atoms with van der Waals surface area (Å²) in [4.78, 5) is 26.4. The molecule has 1 aliphatic rings. The molecule has 3 aromatic carbocycles. The molecule has 0 atom stereocenters. The van der Waals surface area contributed by atoms with Crippen molar-refractivity contribution in [3.63, 3.8) is 0 Å². The van der Waals surface area contributed by atoms with Gasteiger partial charge in [0.1, 0.15) is 17.2 Å². The van der Waals surface area contributed by atoms with E-state index in [0.717, 1.165) is 12.8 Å². The molecule has 0 spiro atoms. The molecule has 0 radical (unpaired) electrons. The number of nitrogen functional groups attached to an aromatic ring is 2. The molecular formula is C28H30N2O5. The van der Waals surface area contributed by atoms with Gasteiger partial charge in [-0.15, -0.1) is 0 Å². The zero-order chi connectivity index (χ0) is 25.1. The molecule has 0 fully saturated rings. The number of carbonyl (C=O) groups excluding carboxylic acids is 2. The maximum absolute atomic E-state index is 13.3. The number of nitrogens with two attached hydrogens (primary N) is 2. The number of fused-ring (bicyclic) bond motifs is 2. The molecule has 0 heterocycles. The first-order valence-electron chi connectivity index (χ1n) is 11.9. The summed E-state index contributed by atoms with van der Waals surface area (Å²) in [5, 5.41) is 21.0. The fourth-order valence-corrected chi connectivity index (χ4v) is 4.52. The third kappa shape index (κ3) is 4.54. The van der Waals surface area contributed by atoms with Crippen molar-refractivity contribution in [1.29, 1.82) is 0 Å². The molecule has 0 aromatic heterocycles. The molecule has 7 nitrogen and oxygen atoms in total. The Morgan fingerprint density at radius 2 is 1.37 bits per heavy atom. The summed E-state index contributed by atoms with van der Waals surface area (Å²) >= 11 is 0. The maximum Gasteiger partial charge on any atom is 0.200 e. The Labute approximate surface area is 204 Å². The van der Waals surface area contributed by atoms with Crippen molar-refractivity contribution in [3.05, 3.63) is 64.7 Å². The lowest BCUT2D eigenvalue weighted by molar-refractivity contribution is 0.0975. The summed E-state index contributed by atoms with van der Waals surface area (Å²) in [6.07, 6.45) is 7.10. The predicted octanol–water partition coefficient (Wildman–Crippen LogP) is 5.44. The third-order valence-corrected chi connectivity index (χ3v) is 6.40. The highest BCUT2D eigenvalue weighted by atomic mass is 16.5.